The molecular formula is C36H40F2O6S2. The van der Waals surface area contributed by atoms with E-state index < -0.39 is 27.6 Å². The standard InChI is InChI=1S/C24H23O2S.C12H18F2O4S/c1-17(2)24(25)26-23-18(3)15-22(16-19(23)4)27(20-11-7-5-8-12-20)21-13-9-6-10-14-21;13-12(14,19(15,16)17)7-18-11-4-8-1-9(5-11)3-10(2-8)6-11/h5-16H,1H2,2-4H3;8-10H,1-7H2,(H,15,16,17)/q+1;/p-1. The maximum absolute atomic E-state index is 13.2. The zero-order valence-electron chi connectivity index (χ0n) is 26.3. The summed E-state index contributed by atoms with van der Waals surface area (Å²) in [6, 6.07) is 25.2. The van der Waals surface area contributed by atoms with Gasteiger partial charge in [-0.2, -0.15) is 8.78 Å². The number of aryl methyl sites for hydroxylation is 2. The van der Waals surface area contributed by atoms with Gasteiger partial charge >= 0.3 is 11.2 Å². The first-order chi connectivity index (χ1) is 21.7. The van der Waals surface area contributed by atoms with Crippen molar-refractivity contribution in [3.63, 3.8) is 0 Å². The van der Waals surface area contributed by atoms with Gasteiger partial charge in [0, 0.05) is 17.7 Å². The van der Waals surface area contributed by atoms with Crippen LogP contribution in [0.15, 0.2) is 99.6 Å². The van der Waals surface area contributed by atoms with Crippen LogP contribution in [0.5, 0.6) is 5.75 Å². The molecule has 0 radical (unpaired) electrons. The van der Waals surface area contributed by atoms with Crippen LogP contribution in [-0.2, 0) is 30.5 Å². The zero-order chi connectivity index (χ0) is 33.3. The third kappa shape index (κ3) is 7.73. The Kier molecular flexibility index (Phi) is 10.1. The monoisotopic (exact) mass is 670 g/mol. The van der Waals surface area contributed by atoms with Crippen molar-refractivity contribution in [2.75, 3.05) is 6.61 Å². The Hall–Kier alpha value is -3.05. The van der Waals surface area contributed by atoms with Crippen LogP contribution < -0.4 is 4.74 Å². The van der Waals surface area contributed by atoms with Gasteiger partial charge in [0.05, 0.1) is 16.5 Å². The second-order valence-electron chi connectivity index (χ2n) is 13.0. The molecule has 0 aromatic heterocycles. The van der Waals surface area contributed by atoms with E-state index >= 15 is 0 Å². The molecule has 0 saturated heterocycles. The number of hydrogen-bond acceptors (Lipinski definition) is 6. The molecule has 10 heteroatoms. The lowest BCUT2D eigenvalue weighted by atomic mass is 9.54. The first kappa shape index (κ1) is 34.3. The van der Waals surface area contributed by atoms with Crippen LogP contribution in [0, 0.1) is 31.6 Å². The van der Waals surface area contributed by atoms with Crippen LogP contribution in [0.25, 0.3) is 0 Å². The molecule has 4 saturated carbocycles. The minimum absolute atomic E-state index is 0.223. The minimum atomic E-state index is -5.64. The fourth-order valence-electron chi connectivity index (χ4n) is 7.41. The van der Waals surface area contributed by atoms with E-state index in [1.807, 2.05) is 26.0 Å². The highest BCUT2D eigenvalue weighted by Gasteiger charge is 2.53. The Morgan fingerprint density at radius 2 is 1.33 bits per heavy atom. The Morgan fingerprint density at radius 1 is 0.891 bits per heavy atom. The van der Waals surface area contributed by atoms with Crippen molar-refractivity contribution in [2.24, 2.45) is 17.8 Å². The molecule has 0 amide bonds. The maximum Gasteiger partial charge on any atom is 0.357 e. The average molecular weight is 671 g/mol. The summed E-state index contributed by atoms with van der Waals surface area (Å²) in [7, 11) is -5.87. The molecule has 0 atom stereocenters. The smallest absolute Gasteiger partial charge is 0.357 e. The lowest BCUT2D eigenvalue weighted by Crippen LogP contribution is -2.53. The van der Waals surface area contributed by atoms with E-state index in [2.05, 4.69) is 67.2 Å². The van der Waals surface area contributed by atoms with Crippen molar-refractivity contribution >= 4 is 27.0 Å². The number of carbonyl (C=O) groups excluding carboxylic acids is 1. The molecule has 3 aromatic carbocycles. The van der Waals surface area contributed by atoms with E-state index in [0.717, 1.165) is 49.7 Å². The number of carbonyl (C=O) groups is 1. The second-order valence-corrected chi connectivity index (χ2v) is 16.5. The fourth-order valence-corrected chi connectivity index (χ4v) is 9.88. The Balaban J connectivity index is 0.000000192. The molecule has 4 fully saturated rings. The number of halogens is 2. The van der Waals surface area contributed by atoms with Gasteiger partial charge in [0.15, 0.2) is 24.8 Å². The summed E-state index contributed by atoms with van der Waals surface area (Å²) in [6.07, 6.45) is 5.60. The Bertz CT molecular complexity index is 1580. The van der Waals surface area contributed by atoms with Crippen LogP contribution in [0.3, 0.4) is 0 Å². The van der Waals surface area contributed by atoms with Crippen molar-refractivity contribution in [1.29, 1.82) is 0 Å². The topological polar surface area (TPSA) is 92.7 Å². The van der Waals surface area contributed by atoms with Crippen LogP contribution in [0.2, 0.25) is 0 Å². The van der Waals surface area contributed by atoms with Crippen LogP contribution >= 0.6 is 0 Å². The third-order valence-electron chi connectivity index (χ3n) is 9.06. The number of benzene rings is 3. The van der Waals surface area contributed by atoms with Crippen LogP contribution in [0.4, 0.5) is 8.78 Å². The number of ether oxygens (including phenoxy) is 2. The third-order valence-corrected chi connectivity index (χ3v) is 12.1. The highest BCUT2D eigenvalue weighted by Crippen LogP contribution is 2.57. The summed E-state index contributed by atoms with van der Waals surface area (Å²) >= 11 is 0. The average Bonchev–Trinajstić information content (AvgIpc) is 2.98. The summed E-state index contributed by atoms with van der Waals surface area (Å²) in [5.74, 6) is 1.78. The fraction of sp³-hybridized carbons (Fsp3) is 0.417. The zero-order valence-corrected chi connectivity index (χ0v) is 28.0. The van der Waals surface area contributed by atoms with E-state index in [0.29, 0.717) is 29.1 Å². The molecular weight excluding hydrogens is 631 g/mol. The van der Waals surface area contributed by atoms with E-state index in [1.54, 1.807) is 6.92 Å². The van der Waals surface area contributed by atoms with Gasteiger partial charge in [0.25, 0.3) is 0 Å². The van der Waals surface area contributed by atoms with Crippen molar-refractivity contribution in [3.8, 4) is 5.75 Å². The van der Waals surface area contributed by atoms with Crippen molar-refractivity contribution in [1.82, 2.24) is 0 Å². The highest BCUT2D eigenvalue weighted by atomic mass is 32.2. The molecule has 3 aromatic rings. The molecule has 46 heavy (non-hydrogen) atoms. The lowest BCUT2D eigenvalue weighted by molar-refractivity contribution is -0.185. The van der Waals surface area contributed by atoms with Gasteiger partial charge in [0.1, 0.15) is 12.4 Å². The van der Waals surface area contributed by atoms with Crippen LogP contribution in [-0.4, -0.2) is 36.4 Å². The van der Waals surface area contributed by atoms with Crippen molar-refractivity contribution in [3.05, 3.63) is 96.1 Å². The molecule has 7 rings (SSSR count). The van der Waals surface area contributed by atoms with Crippen molar-refractivity contribution in [2.45, 2.75) is 84.8 Å². The van der Waals surface area contributed by atoms with Gasteiger partial charge < -0.3 is 14.0 Å². The van der Waals surface area contributed by atoms with Gasteiger partial charge in [-0.15, -0.1) is 0 Å². The summed E-state index contributed by atoms with van der Waals surface area (Å²) < 4.78 is 68.7. The largest absolute Gasteiger partial charge is 0.743 e. The molecule has 0 spiro atoms. The summed E-state index contributed by atoms with van der Waals surface area (Å²) in [5.41, 5.74) is 1.68. The molecule has 4 aliphatic rings. The van der Waals surface area contributed by atoms with E-state index in [4.69, 9.17) is 9.47 Å². The molecule has 6 nitrogen and oxygen atoms in total. The summed E-state index contributed by atoms with van der Waals surface area (Å²) in [6.45, 7) is 7.98. The quantitative estimate of drug-likeness (QED) is 0.0754. The van der Waals surface area contributed by atoms with E-state index in [9.17, 15) is 26.5 Å². The van der Waals surface area contributed by atoms with E-state index in [-0.39, 0.29) is 16.9 Å². The van der Waals surface area contributed by atoms with Gasteiger partial charge in [-0.05, 0) is 112 Å². The molecule has 0 unspecified atom stereocenters. The Labute approximate surface area is 273 Å². The Morgan fingerprint density at radius 3 is 1.72 bits per heavy atom. The predicted molar refractivity (Wildman–Crippen MR) is 173 cm³/mol. The summed E-state index contributed by atoms with van der Waals surface area (Å²) in [5, 5.41) is -4.32. The van der Waals surface area contributed by atoms with Gasteiger partial charge in [-0.25, -0.2) is 13.2 Å². The molecule has 0 aliphatic heterocycles. The van der Waals surface area contributed by atoms with Crippen molar-refractivity contribution < 1.29 is 36.0 Å². The number of alkyl halides is 2. The molecule has 0 N–H and O–H groups in total. The van der Waals surface area contributed by atoms with E-state index in [1.165, 1.54) is 14.7 Å². The SMILES string of the molecule is C=C(C)C(=O)Oc1c(C)cc([S+](c2ccccc2)c2ccccc2)cc1C.O=S(=O)([O-])C(F)(F)COC12CC3CC(CC(C3)C1)C2. The van der Waals surface area contributed by atoms with Gasteiger partial charge in [0.2, 0.25) is 0 Å². The normalized spacial score (nSPS) is 23.5. The molecule has 4 aliphatic carbocycles. The number of rotatable bonds is 9. The van der Waals surface area contributed by atoms with Crippen LogP contribution in [0.1, 0.15) is 56.6 Å². The van der Waals surface area contributed by atoms with Gasteiger partial charge in [-0.3, -0.25) is 0 Å². The number of esters is 1. The molecule has 4 bridgehead atoms. The second kappa shape index (κ2) is 13.6. The summed E-state index contributed by atoms with van der Waals surface area (Å²) in [4.78, 5) is 15.7. The molecule has 246 valence electrons. The first-order valence-electron chi connectivity index (χ1n) is 15.5. The lowest BCUT2D eigenvalue weighted by Gasteiger charge is -2.56. The maximum atomic E-state index is 13.2. The number of hydrogen-bond donors (Lipinski definition) is 0. The minimum Gasteiger partial charge on any atom is -0.743 e. The highest BCUT2D eigenvalue weighted by molar-refractivity contribution is 7.97. The molecule has 0 heterocycles. The first-order valence-corrected chi connectivity index (χ1v) is 18.1. The van der Waals surface area contributed by atoms with Gasteiger partial charge in [-0.1, -0.05) is 43.0 Å². The predicted octanol–water partition coefficient (Wildman–Crippen LogP) is 7.99.